The van der Waals surface area contributed by atoms with E-state index in [0.29, 0.717) is 81.2 Å². The molecule has 2 aromatic carbocycles. The van der Waals surface area contributed by atoms with E-state index in [1.54, 1.807) is 52.1 Å². The van der Waals surface area contributed by atoms with Crippen LogP contribution in [-0.2, 0) is 23.8 Å². The summed E-state index contributed by atoms with van der Waals surface area (Å²) in [5, 5.41) is 5.24. The molecule has 0 saturated carbocycles. The summed E-state index contributed by atoms with van der Waals surface area (Å²) in [4.78, 5) is 72.6. The van der Waals surface area contributed by atoms with E-state index >= 15 is 8.78 Å². The Labute approximate surface area is 346 Å². The predicted octanol–water partition coefficient (Wildman–Crippen LogP) is 5.65. The fraction of sp³-hybridized carbons (Fsp3) is 0.476. The van der Waals surface area contributed by atoms with E-state index in [0.717, 1.165) is 12.1 Å². The smallest absolute Gasteiger partial charge is 0.407 e. The summed E-state index contributed by atoms with van der Waals surface area (Å²) in [7, 11) is 3.94. The number of aromatic nitrogens is 4. The molecule has 3 aliphatic heterocycles. The highest BCUT2D eigenvalue weighted by molar-refractivity contribution is 5.88. The van der Waals surface area contributed by atoms with Crippen molar-refractivity contribution < 1.29 is 42.2 Å². The van der Waals surface area contributed by atoms with E-state index in [1.807, 2.05) is 6.07 Å². The van der Waals surface area contributed by atoms with Crippen molar-refractivity contribution in [2.75, 3.05) is 52.4 Å². The number of ether oxygens (including phenoxy) is 3. The third-order valence-electron chi connectivity index (χ3n) is 11.9. The minimum Gasteiger partial charge on any atom is -0.453 e. The van der Waals surface area contributed by atoms with Gasteiger partial charge in [-0.2, -0.15) is 0 Å². The highest BCUT2D eigenvalue weighted by Crippen LogP contribution is 2.38. The number of alkyl carbamates (subject to hydrolysis) is 2. The lowest BCUT2D eigenvalue weighted by Crippen LogP contribution is -2.54. The van der Waals surface area contributed by atoms with Gasteiger partial charge in [-0.05, 0) is 63.1 Å². The molecule has 2 aromatic heterocycles. The van der Waals surface area contributed by atoms with Crippen LogP contribution in [-0.4, -0.2) is 113 Å². The molecule has 320 valence electrons. The molecule has 18 heteroatoms. The number of halogens is 2. The Morgan fingerprint density at radius 2 is 1.35 bits per heavy atom. The number of piperidine rings is 1. The van der Waals surface area contributed by atoms with Crippen LogP contribution in [0.5, 0.6) is 0 Å². The van der Waals surface area contributed by atoms with E-state index in [2.05, 4.69) is 30.6 Å². The topological polar surface area (TPSA) is 187 Å². The first-order valence-electron chi connectivity index (χ1n) is 20.2. The molecule has 60 heavy (non-hydrogen) atoms. The van der Waals surface area contributed by atoms with Crippen LogP contribution in [0.2, 0.25) is 0 Å². The predicted molar refractivity (Wildman–Crippen MR) is 215 cm³/mol. The van der Waals surface area contributed by atoms with Crippen molar-refractivity contribution in [2.24, 2.45) is 0 Å². The number of aromatic amines is 2. The number of methoxy groups -OCH3 is 3. The van der Waals surface area contributed by atoms with Gasteiger partial charge in [-0.25, -0.2) is 28.3 Å². The normalized spacial score (nSPS) is 19.8. The van der Waals surface area contributed by atoms with Crippen LogP contribution in [0.25, 0.3) is 11.3 Å². The number of hydrogen-bond acceptors (Lipinski definition) is 10. The number of benzene rings is 2. The molecule has 7 rings (SSSR count). The van der Waals surface area contributed by atoms with Crippen molar-refractivity contribution in [1.29, 1.82) is 0 Å². The highest BCUT2D eigenvalue weighted by Gasteiger charge is 2.40. The number of amides is 4. The molecule has 0 bridgehead atoms. The van der Waals surface area contributed by atoms with E-state index in [-0.39, 0.29) is 35.0 Å². The lowest BCUT2D eigenvalue weighted by atomic mass is 9.93. The Bertz CT molecular complexity index is 2140. The number of carbonyl (C=O) groups excluding carboxylic acids is 4. The third-order valence-corrected chi connectivity index (χ3v) is 11.9. The zero-order valence-electron chi connectivity index (χ0n) is 34.1. The van der Waals surface area contributed by atoms with Crippen molar-refractivity contribution in [2.45, 2.75) is 81.6 Å². The fourth-order valence-electron chi connectivity index (χ4n) is 8.60. The second-order valence-electron chi connectivity index (χ2n) is 15.4. The summed E-state index contributed by atoms with van der Waals surface area (Å²) < 4.78 is 46.6. The third kappa shape index (κ3) is 8.78. The van der Waals surface area contributed by atoms with Gasteiger partial charge in [0.25, 0.3) is 5.91 Å². The number of H-pyrrole nitrogens is 2. The summed E-state index contributed by atoms with van der Waals surface area (Å²) in [6.07, 6.45) is 5.24. The summed E-state index contributed by atoms with van der Waals surface area (Å²) in [6, 6.07) is 8.81. The fourth-order valence-corrected chi connectivity index (χ4v) is 8.60. The maximum Gasteiger partial charge on any atom is 0.407 e. The number of rotatable bonds is 12. The van der Waals surface area contributed by atoms with Crippen LogP contribution in [0.15, 0.2) is 54.9 Å². The van der Waals surface area contributed by atoms with Gasteiger partial charge in [0.05, 0.1) is 44.3 Å². The van der Waals surface area contributed by atoms with Gasteiger partial charge in [-0.15, -0.1) is 0 Å². The molecule has 16 nitrogen and oxygen atoms in total. The largest absolute Gasteiger partial charge is 0.453 e. The second kappa shape index (κ2) is 18.5. The lowest BCUT2D eigenvalue weighted by molar-refractivity contribution is -0.137. The minimum absolute atomic E-state index is 0.0605. The Morgan fingerprint density at radius 1 is 0.767 bits per heavy atom. The van der Waals surface area contributed by atoms with Gasteiger partial charge in [-0.1, -0.05) is 30.3 Å². The monoisotopic (exact) mass is 831 g/mol. The van der Waals surface area contributed by atoms with Gasteiger partial charge in [0.1, 0.15) is 41.1 Å². The van der Waals surface area contributed by atoms with Crippen molar-refractivity contribution in [3.05, 3.63) is 89.4 Å². The number of hydrogen-bond donors (Lipinski definition) is 4. The molecule has 0 radical (unpaired) electrons. The van der Waals surface area contributed by atoms with Crippen LogP contribution in [0.3, 0.4) is 0 Å². The standard InChI is InChI=1S/C42H51F2N9O7/c1-24(58-2)34(49-41(56)59-3)39(54)52-16-8-12-32(52)37-45-22-30(47-37)25-14-18-51(19-15-25)36-28(43)20-27(21-29(36)44)31-23-46-38(48-31)33-13-9-17-53(33)40(55)35(50-42(57)60-4)26-10-6-5-7-11-26/h5-7,10-11,20-25,32-35H,8-9,12-19H2,1-4H3,(H,45,47)(H,46,48)(H,49,56)(H,50,57). The summed E-state index contributed by atoms with van der Waals surface area (Å²) in [6.45, 7) is 3.46. The molecule has 0 spiro atoms. The van der Waals surface area contributed by atoms with E-state index < -0.39 is 48.1 Å². The van der Waals surface area contributed by atoms with Crippen molar-refractivity contribution in [1.82, 2.24) is 40.4 Å². The SMILES string of the molecule is COC(=O)NC(C(=O)N1CCCC1c1ncc(-c2cc(F)c(N3CCC(c4cnc(C5CCCN5C(=O)C(NC(=O)OC)C(C)OC)[nH]4)CC3)c(F)c2)[nH]1)c1ccccc1. The number of imidazole rings is 2. The molecule has 0 aliphatic carbocycles. The maximum atomic E-state index is 15.9. The molecule has 4 aromatic rings. The van der Waals surface area contributed by atoms with E-state index in [1.165, 1.54) is 39.7 Å². The van der Waals surface area contributed by atoms with Crippen molar-refractivity contribution in [3.63, 3.8) is 0 Å². The molecular weight excluding hydrogens is 781 g/mol. The number of carbonyl (C=O) groups is 4. The Kier molecular flexibility index (Phi) is 13.0. The summed E-state index contributed by atoms with van der Waals surface area (Å²) >= 11 is 0. The van der Waals surface area contributed by atoms with Crippen LogP contribution >= 0.6 is 0 Å². The Morgan fingerprint density at radius 3 is 1.97 bits per heavy atom. The van der Waals surface area contributed by atoms with Gasteiger partial charge >= 0.3 is 12.2 Å². The first-order valence-corrected chi connectivity index (χ1v) is 20.2. The van der Waals surface area contributed by atoms with Gasteiger partial charge in [0.2, 0.25) is 5.91 Å². The average Bonchev–Trinajstić information content (AvgIpc) is 4.11. The zero-order chi connectivity index (χ0) is 42.5. The van der Waals surface area contributed by atoms with Gasteiger partial charge in [-0.3, -0.25) is 9.59 Å². The molecule has 5 atom stereocenters. The van der Waals surface area contributed by atoms with E-state index in [9.17, 15) is 19.2 Å². The lowest BCUT2D eigenvalue weighted by Gasteiger charge is -2.33. The average molecular weight is 832 g/mol. The Balaban J connectivity index is 0.994. The zero-order valence-corrected chi connectivity index (χ0v) is 34.1. The molecule has 4 amide bonds. The molecule has 4 N–H and O–H groups in total. The van der Waals surface area contributed by atoms with Crippen LogP contribution in [0, 0.1) is 11.6 Å². The second-order valence-corrected chi connectivity index (χ2v) is 15.4. The minimum atomic E-state index is -0.977. The van der Waals surface area contributed by atoms with Crippen LogP contribution < -0.4 is 15.5 Å². The number of likely N-dealkylation sites (tertiary alicyclic amines) is 2. The quantitative estimate of drug-likeness (QED) is 0.139. The molecule has 3 saturated heterocycles. The first-order chi connectivity index (χ1) is 29.0. The maximum absolute atomic E-state index is 15.9. The van der Waals surface area contributed by atoms with Crippen LogP contribution in [0.1, 0.15) is 92.4 Å². The number of nitrogens with zero attached hydrogens (tertiary/aromatic N) is 5. The van der Waals surface area contributed by atoms with Gasteiger partial charge < -0.3 is 49.5 Å². The highest BCUT2D eigenvalue weighted by atomic mass is 19.1. The molecule has 5 unspecified atom stereocenters. The van der Waals surface area contributed by atoms with Gasteiger partial charge in [0, 0.05) is 56.7 Å². The Hall–Kier alpha value is -6.04. The molecule has 5 heterocycles. The summed E-state index contributed by atoms with van der Waals surface area (Å²) in [5.41, 5.74) is 2.08. The van der Waals surface area contributed by atoms with Crippen molar-refractivity contribution in [3.8, 4) is 11.3 Å². The van der Waals surface area contributed by atoms with E-state index in [4.69, 9.17) is 14.2 Å². The number of nitrogens with one attached hydrogen (secondary N) is 4. The van der Waals surface area contributed by atoms with Gasteiger partial charge in [0.15, 0.2) is 0 Å². The van der Waals surface area contributed by atoms with Crippen molar-refractivity contribution >= 4 is 29.7 Å². The van der Waals surface area contributed by atoms with Crippen LogP contribution in [0.4, 0.5) is 24.1 Å². The molecular formula is C42H51F2N9O7. The first kappa shape index (κ1) is 42.1. The molecule has 3 aliphatic rings. The molecule has 3 fully saturated rings. The number of anilines is 1. The summed E-state index contributed by atoms with van der Waals surface area (Å²) in [5.74, 6) is -0.830.